The summed E-state index contributed by atoms with van der Waals surface area (Å²) in [6.07, 6.45) is 0. The number of nitrogens with two attached hydrogens (primary N) is 3. The maximum Gasteiger partial charge on any atom is 0.133 e. The Kier molecular flexibility index (Phi) is 2.79. The van der Waals surface area contributed by atoms with Gasteiger partial charge in [0.05, 0.1) is 0 Å². The molecule has 5 heteroatoms. The Bertz CT molecular complexity index is 291. The monoisotopic (exact) mass is 187 g/mol. The number of halogens is 2. The van der Waals surface area contributed by atoms with E-state index in [0.29, 0.717) is 0 Å². The molecule has 0 spiro atoms. The van der Waals surface area contributed by atoms with Gasteiger partial charge in [-0.05, 0) is 12.1 Å². The van der Waals surface area contributed by atoms with Crippen LogP contribution < -0.4 is 17.2 Å². The first kappa shape index (κ1) is 9.88. The lowest BCUT2D eigenvalue weighted by atomic mass is 10.1. The molecule has 0 aromatic heterocycles. The van der Waals surface area contributed by atoms with Gasteiger partial charge in [-0.2, -0.15) is 0 Å². The zero-order valence-electron chi connectivity index (χ0n) is 6.93. The summed E-state index contributed by atoms with van der Waals surface area (Å²) in [5, 5.41) is 0. The second kappa shape index (κ2) is 3.68. The molecule has 0 amide bonds. The van der Waals surface area contributed by atoms with Gasteiger partial charge in [0.2, 0.25) is 0 Å². The summed E-state index contributed by atoms with van der Waals surface area (Å²) < 4.78 is 26.2. The molecule has 1 rings (SSSR count). The number of benzene rings is 1. The first-order valence-corrected chi connectivity index (χ1v) is 3.76. The van der Waals surface area contributed by atoms with E-state index in [4.69, 9.17) is 17.2 Å². The lowest BCUT2D eigenvalue weighted by molar-refractivity contribution is 0.529. The zero-order chi connectivity index (χ0) is 10.0. The first-order valence-electron chi connectivity index (χ1n) is 3.76. The summed E-state index contributed by atoms with van der Waals surface area (Å²) in [7, 11) is 0. The Morgan fingerprint density at radius 3 is 2.08 bits per heavy atom. The van der Waals surface area contributed by atoms with Crippen molar-refractivity contribution in [2.75, 3.05) is 12.3 Å². The van der Waals surface area contributed by atoms with Crippen molar-refractivity contribution in [3.8, 4) is 0 Å². The van der Waals surface area contributed by atoms with Crippen LogP contribution in [0.15, 0.2) is 12.1 Å². The average Bonchev–Trinajstić information content (AvgIpc) is 2.02. The van der Waals surface area contributed by atoms with Crippen molar-refractivity contribution >= 4 is 5.69 Å². The quantitative estimate of drug-likeness (QED) is 0.590. The van der Waals surface area contributed by atoms with E-state index in [1.807, 2.05) is 0 Å². The highest BCUT2D eigenvalue weighted by Gasteiger charge is 2.15. The molecule has 0 bridgehead atoms. The van der Waals surface area contributed by atoms with Gasteiger partial charge in [0.15, 0.2) is 0 Å². The van der Waals surface area contributed by atoms with Crippen LogP contribution in [0.25, 0.3) is 0 Å². The number of hydrogen-bond donors (Lipinski definition) is 3. The molecule has 0 aliphatic heterocycles. The van der Waals surface area contributed by atoms with Crippen molar-refractivity contribution < 1.29 is 8.78 Å². The number of rotatable bonds is 2. The standard InChI is InChI=1S/C8H11F2N3/c9-5-1-4(12)2-6(10)8(5)7(13)3-11/h1-2,7H,3,11-13H2. The predicted molar refractivity (Wildman–Crippen MR) is 46.8 cm³/mol. The lowest BCUT2D eigenvalue weighted by Crippen LogP contribution is -2.23. The van der Waals surface area contributed by atoms with E-state index in [0.717, 1.165) is 12.1 Å². The van der Waals surface area contributed by atoms with Crippen LogP contribution in [0.2, 0.25) is 0 Å². The first-order chi connectivity index (χ1) is 6.06. The topological polar surface area (TPSA) is 78.1 Å². The van der Waals surface area contributed by atoms with Gasteiger partial charge in [0.25, 0.3) is 0 Å². The molecule has 3 nitrogen and oxygen atoms in total. The summed E-state index contributed by atoms with van der Waals surface area (Å²) in [6.45, 7) is -0.0161. The Morgan fingerprint density at radius 1 is 1.23 bits per heavy atom. The molecule has 6 N–H and O–H groups in total. The molecule has 0 saturated carbocycles. The SMILES string of the molecule is NCC(N)c1c(F)cc(N)cc1F. The van der Waals surface area contributed by atoms with Crippen LogP contribution in [0.3, 0.4) is 0 Å². The van der Waals surface area contributed by atoms with E-state index in [1.54, 1.807) is 0 Å². The van der Waals surface area contributed by atoms with Crippen molar-refractivity contribution in [3.05, 3.63) is 29.3 Å². The summed E-state index contributed by atoms with van der Waals surface area (Å²) in [4.78, 5) is 0. The molecular weight excluding hydrogens is 176 g/mol. The highest BCUT2D eigenvalue weighted by Crippen LogP contribution is 2.21. The molecule has 0 aliphatic rings. The van der Waals surface area contributed by atoms with Crippen LogP contribution in [-0.2, 0) is 0 Å². The predicted octanol–water partition coefficient (Wildman–Crippen LogP) is 0.506. The van der Waals surface area contributed by atoms with Crippen molar-refractivity contribution in [3.63, 3.8) is 0 Å². The van der Waals surface area contributed by atoms with Gasteiger partial charge in [0, 0.05) is 23.8 Å². The van der Waals surface area contributed by atoms with Gasteiger partial charge < -0.3 is 17.2 Å². The van der Waals surface area contributed by atoms with E-state index < -0.39 is 17.7 Å². The van der Waals surface area contributed by atoms with Crippen LogP contribution in [0.5, 0.6) is 0 Å². The number of nitrogen functional groups attached to an aromatic ring is 1. The largest absolute Gasteiger partial charge is 0.399 e. The van der Waals surface area contributed by atoms with E-state index in [2.05, 4.69) is 0 Å². The summed E-state index contributed by atoms with van der Waals surface area (Å²) in [5.74, 6) is -1.51. The Labute approximate surface area is 74.5 Å². The highest BCUT2D eigenvalue weighted by atomic mass is 19.1. The van der Waals surface area contributed by atoms with Gasteiger partial charge in [-0.15, -0.1) is 0 Å². The summed E-state index contributed by atoms with van der Waals surface area (Å²) in [6, 6.07) is 1.21. The van der Waals surface area contributed by atoms with E-state index in [-0.39, 0.29) is 17.8 Å². The lowest BCUT2D eigenvalue weighted by Gasteiger charge is -2.11. The molecule has 0 fully saturated rings. The summed E-state index contributed by atoms with van der Waals surface area (Å²) in [5.41, 5.74) is 15.6. The summed E-state index contributed by atoms with van der Waals surface area (Å²) >= 11 is 0. The third kappa shape index (κ3) is 1.93. The third-order valence-corrected chi connectivity index (χ3v) is 1.73. The maximum atomic E-state index is 13.1. The minimum atomic E-state index is -0.833. The van der Waals surface area contributed by atoms with Gasteiger partial charge in [-0.1, -0.05) is 0 Å². The molecule has 1 atom stereocenters. The maximum absolute atomic E-state index is 13.1. The fourth-order valence-electron chi connectivity index (χ4n) is 1.08. The smallest absolute Gasteiger partial charge is 0.133 e. The van der Waals surface area contributed by atoms with Crippen LogP contribution in [0.1, 0.15) is 11.6 Å². The molecule has 72 valence electrons. The van der Waals surface area contributed by atoms with Gasteiger partial charge >= 0.3 is 0 Å². The van der Waals surface area contributed by atoms with E-state index in [1.165, 1.54) is 0 Å². The van der Waals surface area contributed by atoms with Crippen molar-refractivity contribution in [1.29, 1.82) is 0 Å². The Hall–Kier alpha value is -1.20. The van der Waals surface area contributed by atoms with Crippen LogP contribution >= 0.6 is 0 Å². The molecule has 1 aromatic carbocycles. The number of hydrogen-bond acceptors (Lipinski definition) is 3. The molecule has 0 saturated heterocycles. The van der Waals surface area contributed by atoms with Gasteiger partial charge in [-0.3, -0.25) is 0 Å². The molecule has 1 aromatic rings. The molecule has 1 unspecified atom stereocenters. The average molecular weight is 187 g/mol. The molecule has 13 heavy (non-hydrogen) atoms. The fraction of sp³-hybridized carbons (Fsp3) is 0.250. The minimum absolute atomic E-state index is 0.0161. The molecule has 0 aliphatic carbocycles. The Morgan fingerprint density at radius 2 is 1.69 bits per heavy atom. The molecular formula is C8H11F2N3. The van der Waals surface area contributed by atoms with Crippen molar-refractivity contribution in [2.24, 2.45) is 11.5 Å². The molecule has 0 heterocycles. The number of anilines is 1. The van der Waals surface area contributed by atoms with Crippen LogP contribution in [0, 0.1) is 11.6 Å². The van der Waals surface area contributed by atoms with Gasteiger partial charge in [0.1, 0.15) is 11.6 Å². The van der Waals surface area contributed by atoms with Gasteiger partial charge in [-0.25, -0.2) is 8.78 Å². The minimum Gasteiger partial charge on any atom is -0.399 e. The second-order valence-electron chi connectivity index (χ2n) is 2.74. The van der Waals surface area contributed by atoms with Crippen LogP contribution in [0.4, 0.5) is 14.5 Å². The van der Waals surface area contributed by atoms with Crippen molar-refractivity contribution in [2.45, 2.75) is 6.04 Å². The van der Waals surface area contributed by atoms with Crippen molar-refractivity contribution in [1.82, 2.24) is 0 Å². The third-order valence-electron chi connectivity index (χ3n) is 1.73. The zero-order valence-corrected chi connectivity index (χ0v) is 6.93. The Balaban J connectivity index is 3.20. The normalized spacial score (nSPS) is 12.9. The van der Waals surface area contributed by atoms with Crippen LogP contribution in [-0.4, -0.2) is 6.54 Å². The second-order valence-corrected chi connectivity index (χ2v) is 2.74. The van der Waals surface area contributed by atoms with E-state index >= 15 is 0 Å². The van der Waals surface area contributed by atoms with E-state index in [9.17, 15) is 8.78 Å². The molecule has 0 radical (unpaired) electrons. The fourth-order valence-corrected chi connectivity index (χ4v) is 1.08. The highest BCUT2D eigenvalue weighted by molar-refractivity contribution is 5.42.